The van der Waals surface area contributed by atoms with Gasteiger partial charge in [-0.1, -0.05) is 18.2 Å². The fraction of sp³-hybridized carbons (Fsp3) is 0.214. The molecule has 0 spiro atoms. The monoisotopic (exact) mass is 274 g/mol. The second-order valence-electron chi connectivity index (χ2n) is 5.00. The summed E-state index contributed by atoms with van der Waals surface area (Å²) in [5.41, 5.74) is 4.50. The van der Waals surface area contributed by atoms with Gasteiger partial charge in [0.1, 0.15) is 11.3 Å². The van der Waals surface area contributed by atoms with E-state index in [1.165, 1.54) is 26.0 Å². The third-order valence-corrected chi connectivity index (χ3v) is 2.79. The van der Waals surface area contributed by atoms with Gasteiger partial charge in [-0.2, -0.15) is 0 Å². The van der Waals surface area contributed by atoms with E-state index in [-0.39, 0.29) is 11.4 Å². The average Bonchev–Trinajstić information content (AvgIpc) is 2.37. The van der Waals surface area contributed by atoms with Crippen molar-refractivity contribution in [3.63, 3.8) is 0 Å². The topological polar surface area (TPSA) is 95.5 Å². The first-order valence-electron chi connectivity index (χ1n) is 5.98. The summed E-state index contributed by atoms with van der Waals surface area (Å²) < 4.78 is 5.24. The lowest BCUT2D eigenvalue weighted by Gasteiger charge is -2.17. The number of nitro benzene ring substituents is 1. The number of benzene rings is 2. The second kappa shape index (κ2) is 4.90. The molecule has 0 unspecified atom stereocenters. The Balaban J connectivity index is 2.54. The summed E-state index contributed by atoms with van der Waals surface area (Å²) in [7, 11) is 0. The van der Waals surface area contributed by atoms with Gasteiger partial charge in [0.25, 0.3) is 5.69 Å². The normalized spacial score (nSPS) is 11.3. The number of non-ortho nitro benzene ring substituents is 1. The van der Waals surface area contributed by atoms with E-state index in [0.29, 0.717) is 10.8 Å². The van der Waals surface area contributed by atoms with E-state index in [2.05, 4.69) is 0 Å². The molecule has 0 aliphatic rings. The zero-order valence-electron chi connectivity index (χ0n) is 11.1. The third kappa shape index (κ3) is 2.60. The van der Waals surface area contributed by atoms with Gasteiger partial charge in [0.15, 0.2) is 0 Å². The lowest BCUT2D eigenvalue weighted by Crippen LogP contribution is -2.44. The Morgan fingerprint density at radius 1 is 1.20 bits per heavy atom. The Labute approximate surface area is 115 Å². The number of rotatable bonds is 3. The van der Waals surface area contributed by atoms with Crippen LogP contribution in [0.15, 0.2) is 36.4 Å². The first-order chi connectivity index (χ1) is 9.30. The molecule has 20 heavy (non-hydrogen) atoms. The van der Waals surface area contributed by atoms with Gasteiger partial charge in [-0.15, -0.1) is 0 Å². The van der Waals surface area contributed by atoms with E-state index in [4.69, 9.17) is 10.5 Å². The number of ether oxygens (including phenoxy) is 1. The quantitative estimate of drug-likeness (QED) is 0.401. The number of hydrogen-bond donors (Lipinski definition) is 1. The molecule has 0 aliphatic heterocycles. The van der Waals surface area contributed by atoms with Gasteiger partial charge in [0.2, 0.25) is 0 Å². The maximum absolute atomic E-state index is 11.8. The number of carbonyl (C=O) groups excluding carboxylic acids is 1. The molecule has 0 heterocycles. The van der Waals surface area contributed by atoms with Crippen molar-refractivity contribution in [2.24, 2.45) is 5.73 Å². The first-order valence-corrected chi connectivity index (χ1v) is 5.98. The van der Waals surface area contributed by atoms with Gasteiger partial charge in [-0.25, -0.2) is 4.79 Å². The zero-order chi connectivity index (χ0) is 14.9. The van der Waals surface area contributed by atoms with Crippen LogP contribution < -0.4 is 10.5 Å². The molecule has 2 rings (SSSR count). The van der Waals surface area contributed by atoms with E-state index >= 15 is 0 Å². The number of esters is 1. The highest BCUT2D eigenvalue weighted by Crippen LogP contribution is 2.33. The maximum Gasteiger partial charge on any atom is 0.330 e. The standard InChI is InChI=1S/C14H14N2O4/c1-14(2,15)13(17)20-12-8-7-11(16(18)19)9-5-3-4-6-10(9)12/h3-8H,15H2,1-2H3. The lowest BCUT2D eigenvalue weighted by molar-refractivity contribution is -0.383. The van der Waals surface area contributed by atoms with E-state index in [9.17, 15) is 14.9 Å². The molecule has 0 radical (unpaired) electrons. The molecule has 0 bridgehead atoms. The Kier molecular flexibility index (Phi) is 3.42. The predicted molar refractivity (Wildman–Crippen MR) is 74.5 cm³/mol. The van der Waals surface area contributed by atoms with Crippen molar-refractivity contribution in [3.8, 4) is 5.75 Å². The van der Waals surface area contributed by atoms with Crippen LogP contribution in [0, 0.1) is 10.1 Å². The van der Waals surface area contributed by atoms with Crippen LogP contribution in [0.1, 0.15) is 13.8 Å². The van der Waals surface area contributed by atoms with Crippen LogP contribution in [0.5, 0.6) is 5.75 Å². The highest BCUT2D eigenvalue weighted by Gasteiger charge is 2.25. The van der Waals surface area contributed by atoms with Crippen molar-refractivity contribution < 1.29 is 14.5 Å². The number of carbonyl (C=O) groups is 1. The van der Waals surface area contributed by atoms with Crippen LogP contribution in [0.3, 0.4) is 0 Å². The summed E-state index contributed by atoms with van der Waals surface area (Å²) in [4.78, 5) is 22.3. The largest absolute Gasteiger partial charge is 0.425 e. The van der Waals surface area contributed by atoms with Crippen LogP contribution in [-0.4, -0.2) is 16.4 Å². The number of fused-ring (bicyclic) bond motifs is 1. The highest BCUT2D eigenvalue weighted by molar-refractivity contribution is 5.97. The van der Waals surface area contributed by atoms with Gasteiger partial charge < -0.3 is 10.5 Å². The van der Waals surface area contributed by atoms with Gasteiger partial charge >= 0.3 is 5.97 Å². The molecule has 104 valence electrons. The van der Waals surface area contributed by atoms with Gasteiger partial charge in [-0.05, 0) is 26.0 Å². The summed E-state index contributed by atoms with van der Waals surface area (Å²) >= 11 is 0. The van der Waals surface area contributed by atoms with E-state index < -0.39 is 16.4 Å². The molecular formula is C14H14N2O4. The average molecular weight is 274 g/mol. The number of hydrogen-bond acceptors (Lipinski definition) is 5. The SMILES string of the molecule is CC(C)(N)C(=O)Oc1ccc([N+](=O)[O-])c2ccccc12. The summed E-state index contributed by atoms with van der Waals surface area (Å²) in [6, 6.07) is 9.40. The Morgan fingerprint density at radius 2 is 1.80 bits per heavy atom. The second-order valence-corrected chi connectivity index (χ2v) is 5.00. The number of nitrogens with zero attached hydrogens (tertiary/aromatic N) is 1. The molecule has 6 heteroatoms. The van der Waals surface area contributed by atoms with Crippen LogP contribution in [-0.2, 0) is 4.79 Å². The van der Waals surface area contributed by atoms with E-state index in [0.717, 1.165) is 0 Å². The van der Waals surface area contributed by atoms with Crippen molar-refractivity contribution >= 4 is 22.4 Å². The molecule has 2 aromatic rings. The van der Waals surface area contributed by atoms with E-state index in [1.807, 2.05) is 0 Å². The predicted octanol–water partition coefficient (Wildman–Crippen LogP) is 2.39. The fourth-order valence-electron chi connectivity index (χ4n) is 1.74. The van der Waals surface area contributed by atoms with Gasteiger partial charge in [0, 0.05) is 11.5 Å². The molecule has 0 saturated heterocycles. The summed E-state index contributed by atoms with van der Waals surface area (Å²) in [5, 5.41) is 11.9. The van der Waals surface area contributed by atoms with Crippen molar-refractivity contribution in [1.29, 1.82) is 0 Å². The van der Waals surface area contributed by atoms with E-state index in [1.54, 1.807) is 24.3 Å². The third-order valence-electron chi connectivity index (χ3n) is 2.79. The summed E-state index contributed by atoms with van der Waals surface area (Å²) in [6.45, 7) is 3.06. The number of nitro groups is 1. The maximum atomic E-state index is 11.8. The molecular weight excluding hydrogens is 260 g/mol. The Morgan fingerprint density at radius 3 is 2.35 bits per heavy atom. The molecule has 2 N–H and O–H groups in total. The molecule has 0 amide bonds. The molecule has 0 saturated carbocycles. The van der Waals surface area contributed by atoms with Gasteiger partial charge in [-0.3, -0.25) is 10.1 Å². The Bertz CT molecular complexity index is 689. The van der Waals surface area contributed by atoms with Crippen molar-refractivity contribution in [2.45, 2.75) is 19.4 Å². The highest BCUT2D eigenvalue weighted by atomic mass is 16.6. The summed E-state index contributed by atoms with van der Waals surface area (Å²) in [5.74, 6) is -0.341. The van der Waals surface area contributed by atoms with Crippen LogP contribution in [0.2, 0.25) is 0 Å². The van der Waals surface area contributed by atoms with Crippen molar-refractivity contribution in [1.82, 2.24) is 0 Å². The molecule has 0 atom stereocenters. The fourth-order valence-corrected chi connectivity index (χ4v) is 1.74. The zero-order valence-corrected chi connectivity index (χ0v) is 11.1. The van der Waals surface area contributed by atoms with Crippen LogP contribution in [0.25, 0.3) is 10.8 Å². The van der Waals surface area contributed by atoms with Crippen LogP contribution in [0.4, 0.5) is 5.69 Å². The first kappa shape index (κ1) is 14.0. The number of nitrogens with two attached hydrogens (primary N) is 1. The minimum absolute atomic E-state index is 0.0348. The van der Waals surface area contributed by atoms with Crippen molar-refractivity contribution in [3.05, 3.63) is 46.5 Å². The molecule has 2 aromatic carbocycles. The minimum atomic E-state index is -1.14. The smallest absolute Gasteiger partial charge is 0.330 e. The molecule has 0 fully saturated rings. The Hall–Kier alpha value is -2.47. The molecule has 0 aromatic heterocycles. The van der Waals surface area contributed by atoms with Gasteiger partial charge in [0.05, 0.1) is 10.3 Å². The van der Waals surface area contributed by atoms with Crippen molar-refractivity contribution in [2.75, 3.05) is 0 Å². The lowest BCUT2D eigenvalue weighted by atomic mass is 10.1. The molecule has 6 nitrogen and oxygen atoms in total. The van der Waals surface area contributed by atoms with Crippen LogP contribution >= 0.6 is 0 Å². The molecule has 0 aliphatic carbocycles. The minimum Gasteiger partial charge on any atom is -0.425 e. The summed E-state index contributed by atoms with van der Waals surface area (Å²) in [6.07, 6.45) is 0.